The number of benzene rings is 3. The molecule has 1 amide bonds. The Bertz CT molecular complexity index is 1930. The number of aromatic nitrogens is 2. The van der Waals surface area contributed by atoms with E-state index in [1.54, 1.807) is 4.90 Å². The summed E-state index contributed by atoms with van der Waals surface area (Å²) in [7, 11) is -3.13. The minimum absolute atomic E-state index is 0.273. The number of aliphatic hydroxyl groups excluding tert-OH is 1. The maximum absolute atomic E-state index is 13.9. The molecule has 12 heteroatoms. The zero-order valence-electron chi connectivity index (χ0n) is 36.0. The summed E-state index contributed by atoms with van der Waals surface area (Å²) in [6.45, 7) is 20.8. The molecule has 316 valence electrons. The van der Waals surface area contributed by atoms with Crippen LogP contribution in [0.5, 0.6) is 6.01 Å². The molecule has 1 aromatic heterocycles. The number of amides is 1. The van der Waals surface area contributed by atoms with Crippen LogP contribution in [0, 0.1) is 0 Å². The molecule has 3 aromatic carbocycles. The third kappa shape index (κ3) is 9.84. The molecule has 0 spiro atoms. The number of aliphatic hydroxyl groups is 1. The second-order valence-corrected chi connectivity index (χ2v) is 23.1. The van der Waals surface area contributed by atoms with Crippen LogP contribution in [-0.4, -0.2) is 127 Å². The van der Waals surface area contributed by atoms with Gasteiger partial charge in [-0.3, -0.25) is 9.80 Å². The van der Waals surface area contributed by atoms with E-state index in [4.69, 9.17) is 24.2 Å². The number of hydrogen-bond acceptors (Lipinski definition) is 10. The van der Waals surface area contributed by atoms with Gasteiger partial charge in [-0.1, -0.05) is 122 Å². The first-order valence-electron chi connectivity index (χ1n) is 21.5. The van der Waals surface area contributed by atoms with Crippen LogP contribution in [0.25, 0.3) is 0 Å². The Balaban J connectivity index is 1.31. The third-order valence-corrected chi connectivity index (χ3v) is 18.2. The maximum atomic E-state index is 13.9. The lowest BCUT2D eigenvalue weighted by atomic mass is 10.0. The van der Waals surface area contributed by atoms with Gasteiger partial charge in [0.05, 0.1) is 37.3 Å². The Kier molecular flexibility index (Phi) is 13.4. The van der Waals surface area contributed by atoms with Gasteiger partial charge in [0.15, 0.2) is 8.07 Å². The Morgan fingerprint density at radius 1 is 0.831 bits per heavy atom. The average Bonchev–Trinajstić information content (AvgIpc) is 3.22. The van der Waals surface area contributed by atoms with Crippen molar-refractivity contribution in [3.63, 3.8) is 0 Å². The number of carbonyl (C=O) groups excluding carboxylic acids is 1. The fourth-order valence-corrected chi connectivity index (χ4v) is 15.3. The molecule has 3 aliphatic rings. The normalized spacial score (nSPS) is 18.9. The van der Waals surface area contributed by atoms with Crippen LogP contribution < -0.4 is 20.0 Å². The number of carbonyl (C=O) groups is 1. The number of anilines is 1. The highest BCUT2D eigenvalue weighted by Crippen LogP contribution is 2.42. The van der Waals surface area contributed by atoms with Crippen LogP contribution in [0.4, 0.5) is 10.6 Å². The monoisotopic (exact) mass is 820 g/mol. The van der Waals surface area contributed by atoms with E-state index >= 15 is 0 Å². The van der Waals surface area contributed by atoms with Gasteiger partial charge in [-0.25, -0.2) is 4.79 Å². The first kappa shape index (κ1) is 42.8. The van der Waals surface area contributed by atoms with Crippen molar-refractivity contribution in [2.45, 2.75) is 89.9 Å². The first-order chi connectivity index (χ1) is 28.3. The van der Waals surface area contributed by atoms with Crippen molar-refractivity contribution in [3.8, 4) is 6.01 Å². The highest BCUT2D eigenvalue weighted by Gasteiger charge is 2.57. The summed E-state index contributed by atoms with van der Waals surface area (Å²) in [5.74, 6) is 0.795. The number of ether oxygens (including phenoxy) is 3. The number of nitrogens with zero attached hydrogens (tertiary/aromatic N) is 6. The van der Waals surface area contributed by atoms with E-state index in [-0.39, 0.29) is 17.7 Å². The molecule has 2 atom stereocenters. The van der Waals surface area contributed by atoms with Gasteiger partial charge in [-0.2, -0.15) is 9.97 Å². The maximum Gasteiger partial charge on any atom is 0.410 e. The quantitative estimate of drug-likeness (QED) is 0.145. The molecule has 4 heterocycles. The van der Waals surface area contributed by atoms with Gasteiger partial charge >= 0.3 is 12.1 Å². The molecule has 11 nitrogen and oxygen atoms in total. The number of hydrogen-bond donors (Lipinski definition) is 1. The van der Waals surface area contributed by atoms with Crippen LogP contribution in [0.1, 0.15) is 64.8 Å². The first-order valence-corrected chi connectivity index (χ1v) is 23.5. The van der Waals surface area contributed by atoms with Crippen LogP contribution in [0.15, 0.2) is 91.0 Å². The largest absolute Gasteiger partial charge is 0.463 e. The van der Waals surface area contributed by atoms with Crippen molar-refractivity contribution in [3.05, 3.63) is 108 Å². The van der Waals surface area contributed by atoms with Gasteiger partial charge < -0.3 is 29.1 Å². The standard InChI is InChI=1S/C47H64N6O5Si/c1-46(2,3)58-45(55)52-26-27-53(41(35-52)43(54)59(47(4,5)6,37-19-12-8-13-20-37)38-21-14-9-15-22-38)42-39-23-25-51(33-36-17-10-7-11-18-36)34-40(39)48-44(49-42)57-30-16-24-50-28-31-56-32-29-50/h7-15,17-22,41,43,54H,16,23-35H2,1-6H3. The van der Waals surface area contributed by atoms with Crippen molar-refractivity contribution in [1.29, 1.82) is 0 Å². The summed E-state index contributed by atoms with van der Waals surface area (Å²) in [6.07, 6.45) is 1.23. The zero-order chi connectivity index (χ0) is 41.6. The molecule has 3 aliphatic heterocycles. The van der Waals surface area contributed by atoms with E-state index in [2.05, 4.69) is 114 Å². The highest BCUT2D eigenvalue weighted by molar-refractivity contribution is 7.05. The Hall–Kier alpha value is -4.33. The second-order valence-electron chi connectivity index (χ2n) is 18.3. The summed E-state index contributed by atoms with van der Waals surface area (Å²) in [4.78, 5) is 33.2. The predicted molar refractivity (Wildman–Crippen MR) is 236 cm³/mol. The minimum Gasteiger partial charge on any atom is -0.463 e. The van der Waals surface area contributed by atoms with Gasteiger partial charge in [-0.05, 0) is 44.2 Å². The molecule has 2 unspecified atom stereocenters. The van der Waals surface area contributed by atoms with E-state index in [0.717, 1.165) is 86.2 Å². The van der Waals surface area contributed by atoms with Gasteiger partial charge in [0.1, 0.15) is 11.4 Å². The topological polar surface area (TPSA) is 104 Å². The van der Waals surface area contributed by atoms with Crippen LogP contribution >= 0.6 is 0 Å². The highest BCUT2D eigenvalue weighted by atomic mass is 28.3. The third-order valence-electron chi connectivity index (χ3n) is 12.1. The Morgan fingerprint density at radius 2 is 1.46 bits per heavy atom. The fourth-order valence-electron chi connectivity index (χ4n) is 9.34. The van der Waals surface area contributed by atoms with Crippen LogP contribution in [0.3, 0.4) is 0 Å². The summed E-state index contributed by atoms with van der Waals surface area (Å²) >= 11 is 0. The predicted octanol–water partition coefficient (Wildman–Crippen LogP) is 5.53. The van der Waals surface area contributed by atoms with E-state index in [0.29, 0.717) is 32.3 Å². The summed E-state index contributed by atoms with van der Waals surface area (Å²) in [5.41, 5.74) is 1.77. The molecular formula is C47H64N6O5Si. The molecule has 0 radical (unpaired) electrons. The van der Waals surface area contributed by atoms with Crippen molar-refractivity contribution < 1.29 is 24.1 Å². The molecule has 4 aromatic rings. The van der Waals surface area contributed by atoms with E-state index in [1.165, 1.54) is 5.56 Å². The molecule has 0 bridgehead atoms. The van der Waals surface area contributed by atoms with Gasteiger partial charge in [0.25, 0.3) is 0 Å². The molecule has 1 N–H and O–H groups in total. The molecule has 2 fully saturated rings. The van der Waals surface area contributed by atoms with Crippen molar-refractivity contribution in [2.75, 3.05) is 70.5 Å². The molecule has 7 rings (SSSR count). The van der Waals surface area contributed by atoms with Crippen molar-refractivity contribution in [2.24, 2.45) is 0 Å². The minimum atomic E-state index is -3.13. The number of rotatable bonds is 12. The Labute approximate surface area is 352 Å². The van der Waals surface area contributed by atoms with E-state index < -0.39 is 25.4 Å². The second kappa shape index (κ2) is 18.5. The van der Waals surface area contributed by atoms with Gasteiger partial charge in [0, 0.05) is 64.5 Å². The average molecular weight is 821 g/mol. The van der Waals surface area contributed by atoms with Gasteiger partial charge in [-0.15, -0.1) is 0 Å². The fraction of sp³-hybridized carbons (Fsp3) is 0.511. The lowest BCUT2D eigenvalue weighted by Crippen LogP contribution is -2.77. The lowest BCUT2D eigenvalue weighted by Gasteiger charge is -2.53. The molecule has 2 saturated heterocycles. The number of fused-ring (bicyclic) bond motifs is 1. The molecule has 0 saturated carbocycles. The molecule has 0 aliphatic carbocycles. The van der Waals surface area contributed by atoms with Crippen molar-refractivity contribution in [1.82, 2.24) is 24.7 Å². The van der Waals surface area contributed by atoms with E-state index in [9.17, 15) is 9.90 Å². The summed E-state index contributed by atoms with van der Waals surface area (Å²) < 4.78 is 18.0. The van der Waals surface area contributed by atoms with Gasteiger partial charge in [0.2, 0.25) is 0 Å². The molecular weight excluding hydrogens is 757 g/mol. The van der Waals surface area contributed by atoms with Crippen molar-refractivity contribution >= 4 is 30.4 Å². The SMILES string of the molecule is CC(C)(C)OC(=O)N1CCN(c2nc(OCCCN3CCOCC3)nc3c2CCN(Cc2ccccc2)C3)C(C(O)[Si](c2ccccc2)(c2ccccc2)C(C)(C)C)C1. The summed E-state index contributed by atoms with van der Waals surface area (Å²) in [5, 5.41) is 15.6. The lowest BCUT2D eigenvalue weighted by molar-refractivity contribution is 0.0181. The zero-order valence-corrected chi connectivity index (χ0v) is 37.0. The van der Waals surface area contributed by atoms with E-state index in [1.807, 2.05) is 32.9 Å². The number of morpholine rings is 1. The molecule has 59 heavy (non-hydrogen) atoms. The number of piperazine rings is 1. The Morgan fingerprint density at radius 3 is 2.07 bits per heavy atom. The summed E-state index contributed by atoms with van der Waals surface area (Å²) in [6, 6.07) is 31.5. The smallest absolute Gasteiger partial charge is 0.410 e. The van der Waals surface area contributed by atoms with Crippen LogP contribution in [0.2, 0.25) is 5.04 Å². The van der Waals surface area contributed by atoms with Crippen LogP contribution in [-0.2, 0) is 29.0 Å².